The number of hydrogen-bond donors (Lipinski definition) is 1. The van der Waals surface area contributed by atoms with E-state index in [2.05, 4.69) is 31.3 Å². The van der Waals surface area contributed by atoms with Crippen LogP contribution >= 0.6 is 0 Å². The first-order chi connectivity index (χ1) is 11.7. The minimum Gasteiger partial charge on any atom is -0.317 e. The van der Waals surface area contributed by atoms with Gasteiger partial charge < -0.3 is 5.32 Å². The van der Waals surface area contributed by atoms with E-state index in [0.717, 1.165) is 43.7 Å². The fourth-order valence-corrected chi connectivity index (χ4v) is 3.30. The summed E-state index contributed by atoms with van der Waals surface area (Å²) in [5.41, 5.74) is 1.19. The molecule has 2 heterocycles. The van der Waals surface area contributed by atoms with Crippen LogP contribution in [0.15, 0.2) is 35.1 Å². The van der Waals surface area contributed by atoms with Crippen LogP contribution in [-0.2, 0) is 13.1 Å². The Bertz CT molecular complexity index is 698. The van der Waals surface area contributed by atoms with Gasteiger partial charge in [0.05, 0.1) is 6.54 Å². The number of aromatic nitrogens is 3. The van der Waals surface area contributed by atoms with E-state index in [1.54, 1.807) is 4.68 Å². The summed E-state index contributed by atoms with van der Waals surface area (Å²) >= 11 is 0. The molecule has 5 heteroatoms. The van der Waals surface area contributed by atoms with E-state index in [1.165, 1.54) is 0 Å². The van der Waals surface area contributed by atoms with Crippen LogP contribution in [0, 0.1) is 5.92 Å². The van der Waals surface area contributed by atoms with Gasteiger partial charge in [-0.15, -0.1) is 0 Å². The predicted octanol–water partition coefficient (Wildman–Crippen LogP) is 2.61. The Balaban J connectivity index is 1.95. The van der Waals surface area contributed by atoms with E-state index in [4.69, 9.17) is 5.10 Å². The molecule has 130 valence electrons. The highest BCUT2D eigenvalue weighted by atomic mass is 16.2. The third-order valence-electron chi connectivity index (χ3n) is 5.02. The predicted molar refractivity (Wildman–Crippen MR) is 96.3 cm³/mol. The van der Waals surface area contributed by atoms with E-state index < -0.39 is 0 Å². The molecule has 1 aliphatic heterocycles. The lowest BCUT2D eigenvalue weighted by Crippen LogP contribution is -2.30. The number of rotatable bonds is 6. The molecule has 0 aliphatic carbocycles. The van der Waals surface area contributed by atoms with Crippen LogP contribution in [0.25, 0.3) is 0 Å². The van der Waals surface area contributed by atoms with Crippen LogP contribution in [0.1, 0.15) is 50.4 Å². The molecule has 0 radical (unpaired) electrons. The summed E-state index contributed by atoms with van der Waals surface area (Å²) in [7, 11) is 0. The van der Waals surface area contributed by atoms with Crippen molar-refractivity contribution in [3.05, 3.63) is 52.2 Å². The van der Waals surface area contributed by atoms with Gasteiger partial charge in [-0.05, 0) is 37.4 Å². The highest BCUT2D eigenvalue weighted by molar-refractivity contribution is 5.16. The zero-order chi connectivity index (χ0) is 16.9. The Kier molecular flexibility index (Phi) is 5.51. The molecular weight excluding hydrogens is 300 g/mol. The van der Waals surface area contributed by atoms with Gasteiger partial charge in [-0.2, -0.15) is 5.10 Å². The average molecular weight is 328 g/mol. The lowest BCUT2D eigenvalue weighted by molar-refractivity contribution is 0.414. The van der Waals surface area contributed by atoms with Crippen molar-refractivity contribution in [1.29, 1.82) is 0 Å². The molecule has 3 rings (SSSR count). The quantitative estimate of drug-likeness (QED) is 0.887. The van der Waals surface area contributed by atoms with E-state index in [0.29, 0.717) is 24.9 Å². The molecule has 0 bridgehead atoms. The standard InChI is InChI=1S/C19H28N4O/c1-3-15(2)13-23-19(24)22(14-16-7-5-4-6-8-16)18(21-23)17-9-11-20-12-10-17/h4-8,15,17,20H,3,9-14H2,1-2H3/t15-/m0/s1. The number of piperidine rings is 1. The lowest BCUT2D eigenvalue weighted by atomic mass is 9.97. The van der Waals surface area contributed by atoms with Crippen molar-refractivity contribution in [3.8, 4) is 0 Å². The first kappa shape index (κ1) is 17.0. The van der Waals surface area contributed by atoms with Crippen LogP contribution in [-0.4, -0.2) is 27.4 Å². The second kappa shape index (κ2) is 7.79. The Morgan fingerprint density at radius 1 is 1.25 bits per heavy atom. The second-order valence-corrected chi connectivity index (χ2v) is 6.93. The van der Waals surface area contributed by atoms with Crippen molar-refractivity contribution in [2.45, 2.75) is 52.1 Å². The van der Waals surface area contributed by atoms with Gasteiger partial charge in [-0.3, -0.25) is 4.57 Å². The molecule has 1 aromatic heterocycles. The third kappa shape index (κ3) is 3.78. The SMILES string of the molecule is CC[C@H](C)Cn1nc(C2CCNCC2)n(Cc2ccccc2)c1=O. The van der Waals surface area contributed by atoms with Gasteiger partial charge in [0.2, 0.25) is 0 Å². The lowest BCUT2D eigenvalue weighted by Gasteiger charge is -2.22. The number of benzene rings is 1. The van der Waals surface area contributed by atoms with Gasteiger partial charge in [0.1, 0.15) is 5.82 Å². The van der Waals surface area contributed by atoms with Crippen molar-refractivity contribution in [1.82, 2.24) is 19.7 Å². The van der Waals surface area contributed by atoms with Gasteiger partial charge in [0.25, 0.3) is 0 Å². The minimum atomic E-state index is 0.0349. The molecule has 2 aromatic rings. The number of nitrogens with zero attached hydrogens (tertiary/aromatic N) is 3. The molecule has 0 unspecified atom stereocenters. The molecule has 1 N–H and O–H groups in total. The summed E-state index contributed by atoms with van der Waals surface area (Å²) in [6.07, 6.45) is 3.16. The second-order valence-electron chi connectivity index (χ2n) is 6.93. The average Bonchev–Trinajstić information content (AvgIpc) is 2.93. The third-order valence-corrected chi connectivity index (χ3v) is 5.02. The molecule has 24 heavy (non-hydrogen) atoms. The molecule has 1 aliphatic rings. The van der Waals surface area contributed by atoms with Crippen molar-refractivity contribution in [2.24, 2.45) is 5.92 Å². The zero-order valence-electron chi connectivity index (χ0n) is 14.7. The fraction of sp³-hybridized carbons (Fsp3) is 0.579. The Labute approximate surface area is 143 Å². The van der Waals surface area contributed by atoms with Crippen molar-refractivity contribution >= 4 is 0 Å². The minimum absolute atomic E-state index is 0.0349. The van der Waals surface area contributed by atoms with Crippen LogP contribution in [0.3, 0.4) is 0 Å². The molecule has 0 spiro atoms. The summed E-state index contributed by atoms with van der Waals surface area (Å²) in [5.74, 6) is 1.80. The molecular formula is C19H28N4O. The summed E-state index contributed by atoms with van der Waals surface area (Å²) in [6, 6.07) is 10.2. The topological polar surface area (TPSA) is 51.9 Å². The van der Waals surface area contributed by atoms with Crippen molar-refractivity contribution in [3.63, 3.8) is 0 Å². The van der Waals surface area contributed by atoms with Crippen LogP contribution < -0.4 is 11.0 Å². The van der Waals surface area contributed by atoms with Crippen LogP contribution in [0.5, 0.6) is 0 Å². The monoisotopic (exact) mass is 328 g/mol. The van der Waals surface area contributed by atoms with Gasteiger partial charge in [0, 0.05) is 12.5 Å². The Morgan fingerprint density at radius 3 is 2.62 bits per heavy atom. The fourth-order valence-electron chi connectivity index (χ4n) is 3.30. The smallest absolute Gasteiger partial charge is 0.317 e. The molecule has 1 fully saturated rings. The van der Waals surface area contributed by atoms with Crippen LogP contribution in [0.4, 0.5) is 0 Å². The van der Waals surface area contributed by atoms with Crippen molar-refractivity contribution in [2.75, 3.05) is 13.1 Å². The Hall–Kier alpha value is -1.88. The highest BCUT2D eigenvalue weighted by Crippen LogP contribution is 2.23. The highest BCUT2D eigenvalue weighted by Gasteiger charge is 2.24. The van der Waals surface area contributed by atoms with E-state index in [9.17, 15) is 4.79 Å². The summed E-state index contributed by atoms with van der Waals surface area (Å²) in [6.45, 7) is 7.65. The maximum absolute atomic E-state index is 12.9. The normalized spacial score (nSPS) is 17.1. The molecule has 0 saturated carbocycles. The molecule has 1 atom stereocenters. The molecule has 1 saturated heterocycles. The first-order valence-corrected chi connectivity index (χ1v) is 9.11. The Morgan fingerprint density at radius 2 is 1.96 bits per heavy atom. The summed E-state index contributed by atoms with van der Waals surface area (Å²) < 4.78 is 3.59. The largest absolute Gasteiger partial charge is 0.346 e. The summed E-state index contributed by atoms with van der Waals surface area (Å²) in [5, 5.41) is 8.15. The van der Waals surface area contributed by atoms with Crippen LogP contribution in [0.2, 0.25) is 0 Å². The maximum Gasteiger partial charge on any atom is 0.346 e. The first-order valence-electron chi connectivity index (χ1n) is 9.11. The summed E-state index contributed by atoms with van der Waals surface area (Å²) in [4.78, 5) is 12.9. The molecule has 0 amide bonds. The van der Waals surface area contributed by atoms with Gasteiger partial charge in [-0.25, -0.2) is 9.48 Å². The van der Waals surface area contributed by atoms with E-state index in [-0.39, 0.29) is 5.69 Å². The van der Waals surface area contributed by atoms with Gasteiger partial charge >= 0.3 is 5.69 Å². The van der Waals surface area contributed by atoms with Crippen molar-refractivity contribution < 1.29 is 0 Å². The van der Waals surface area contributed by atoms with Gasteiger partial charge in [-0.1, -0.05) is 50.6 Å². The molecule has 1 aromatic carbocycles. The molecule has 5 nitrogen and oxygen atoms in total. The van der Waals surface area contributed by atoms with E-state index in [1.807, 2.05) is 22.8 Å². The van der Waals surface area contributed by atoms with E-state index >= 15 is 0 Å². The number of nitrogens with one attached hydrogen (secondary N) is 1. The van der Waals surface area contributed by atoms with Gasteiger partial charge in [0.15, 0.2) is 0 Å². The maximum atomic E-state index is 12.9. The zero-order valence-corrected chi connectivity index (χ0v) is 14.7. The number of hydrogen-bond acceptors (Lipinski definition) is 3.